The first-order chi connectivity index (χ1) is 9.29. The molecular formula is C16H24ClNO2. The van der Waals surface area contributed by atoms with Gasteiger partial charge in [0.1, 0.15) is 13.2 Å². The fourth-order valence-corrected chi connectivity index (χ4v) is 2.52. The van der Waals surface area contributed by atoms with Crippen LogP contribution in [0, 0.1) is 11.3 Å². The average Bonchev–Trinajstić information content (AvgIpc) is 2.36. The molecule has 3 nitrogen and oxygen atoms in total. The summed E-state index contributed by atoms with van der Waals surface area (Å²) in [5, 5.41) is 0.655. The molecule has 1 aliphatic heterocycles. The van der Waals surface area contributed by atoms with Crippen LogP contribution in [0.2, 0.25) is 5.02 Å². The average molecular weight is 298 g/mol. The molecule has 0 radical (unpaired) electrons. The summed E-state index contributed by atoms with van der Waals surface area (Å²) in [6.07, 6.45) is 0.892. The largest absolute Gasteiger partial charge is 0.486 e. The van der Waals surface area contributed by atoms with Gasteiger partial charge in [-0.05, 0) is 29.4 Å². The molecule has 0 saturated carbocycles. The van der Waals surface area contributed by atoms with Crippen LogP contribution in [0.1, 0.15) is 45.7 Å². The van der Waals surface area contributed by atoms with Gasteiger partial charge < -0.3 is 15.2 Å². The number of ether oxygens (including phenoxy) is 2. The van der Waals surface area contributed by atoms with Crippen molar-refractivity contribution in [2.24, 2.45) is 17.1 Å². The molecule has 0 amide bonds. The Morgan fingerprint density at radius 3 is 2.30 bits per heavy atom. The van der Waals surface area contributed by atoms with E-state index in [4.69, 9.17) is 26.8 Å². The third kappa shape index (κ3) is 3.39. The lowest BCUT2D eigenvalue weighted by atomic mass is 9.78. The molecular weight excluding hydrogens is 274 g/mol. The molecule has 1 aromatic rings. The molecule has 0 bridgehead atoms. The molecule has 0 aromatic heterocycles. The molecule has 4 heteroatoms. The zero-order valence-electron chi connectivity index (χ0n) is 12.7. The predicted octanol–water partition coefficient (Wildman–Crippen LogP) is 4.18. The highest BCUT2D eigenvalue weighted by Gasteiger charge is 2.25. The van der Waals surface area contributed by atoms with E-state index in [1.54, 1.807) is 0 Å². The third-order valence-corrected chi connectivity index (χ3v) is 4.47. The molecule has 2 atom stereocenters. The molecule has 2 N–H and O–H groups in total. The molecule has 0 fully saturated rings. The number of rotatable bonds is 3. The van der Waals surface area contributed by atoms with Crippen LogP contribution >= 0.6 is 11.6 Å². The Balaban J connectivity index is 2.19. The summed E-state index contributed by atoms with van der Waals surface area (Å²) in [5.41, 5.74) is 7.52. The van der Waals surface area contributed by atoms with Crippen molar-refractivity contribution in [1.82, 2.24) is 0 Å². The zero-order chi connectivity index (χ0) is 14.9. The standard InChI is InChI=1S/C16H24ClNO2/c1-10(16(2,3)4)7-13(18)11-8-14-15(9-12(11)17)20-6-5-19-14/h8-10,13H,5-7,18H2,1-4H3. The Morgan fingerprint density at radius 1 is 1.20 bits per heavy atom. The van der Waals surface area contributed by atoms with Crippen LogP contribution in [0.5, 0.6) is 11.5 Å². The van der Waals surface area contributed by atoms with Gasteiger partial charge in [-0.1, -0.05) is 39.3 Å². The van der Waals surface area contributed by atoms with Gasteiger partial charge in [-0.25, -0.2) is 0 Å². The van der Waals surface area contributed by atoms with Gasteiger partial charge in [-0.3, -0.25) is 0 Å². The van der Waals surface area contributed by atoms with Crippen LogP contribution in [0.4, 0.5) is 0 Å². The first-order valence-electron chi connectivity index (χ1n) is 7.13. The summed E-state index contributed by atoms with van der Waals surface area (Å²) in [6.45, 7) is 10.1. The molecule has 1 aliphatic rings. The van der Waals surface area contributed by atoms with Gasteiger partial charge in [-0.15, -0.1) is 0 Å². The van der Waals surface area contributed by atoms with Gasteiger partial charge in [0.2, 0.25) is 0 Å². The minimum Gasteiger partial charge on any atom is -0.486 e. The Labute approximate surface area is 126 Å². The van der Waals surface area contributed by atoms with Crippen molar-refractivity contribution in [2.45, 2.75) is 40.2 Å². The molecule has 0 spiro atoms. The summed E-state index contributed by atoms with van der Waals surface area (Å²) in [6, 6.07) is 3.65. The Morgan fingerprint density at radius 2 is 1.75 bits per heavy atom. The van der Waals surface area contributed by atoms with E-state index in [2.05, 4.69) is 27.7 Å². The highest BCUT2D eigenvalue weighted by molar-refractivity contribution is 6.31. The second kappa shape index (κ2) is 5.82. The number of fused-ring (bicyclic) bond motifs is 1. The molecule has 0 saturated heterocycles. The quantitative estimate of drug-likeness (QED) is 0.910. The molecule has 20 heavy (non-hydrogen) atoms. The van der Waals surface area contributed by atoms with Gasteiger partial charge in [0.05, 0.1) is 0 Å². The van der Waals surface area contributed by atoms with E-state index in [1.807, 2.05) is 12.1 Å². The van der Waals surface area contributed by atoms with E-state index in [0.29, 0.717) is 29.9 Å². The lowest BCUT2D eigenvalue weighted by molar-refractivity contribution is 0.171. The molecule has 1 heterocycles. The van der Waals surface area contributed by atoms with E-state index in [0.717, 1.165) is 17.7 Å². The van der Waals surface area contributed by atoms with Crippen LogP contribution < -0.4 is 15.2 Å². The minimum absolute atomic E-state index is 0.0902. The lowest BCUT2D eigenvalue weighted by Gasteiger charge is -2.30. The molecule has 112 valence electrons. The smallest absolute Gasteiger partial charge is 0.162 e. The molecule has 1 aromatic carbocycles. The Kier molecular flexibility index (Phi) is 4.50. The summed E-state index contributed by atoms with van der Waals surface area (Å²) >= 11 is 6.34. The molecule has 0 aliphatic carbocycles. The Hall–Kier alpha value is -0.930. The van der Waals surface area contributed by atoms with Crippen molar-refractivity contribution < 1.29 is 9.47 Å². The van der Waals surface area contributed by atoms with Crippen LogP contribution in [0.25, 0.3) is 0 Å². The number of nitrogens with two attached hydrogens (primary N) is 1. The first kappa shape index (κ1) is 15.5. The van der Waals surface area contributed by atoms with E-state index in [1.165, 1.54) is 0 Å². The van der Waals surface area contributed by atoms with Crippen molar-refractivity contribution in [3.05, 3.63) is 22.7 Å². The van der Waals surface area contributed by atoms with Gasteiger partial charge in [-0.2, -0.15) is 0 Å². The van der Waals surface area contributed by atoms with Gasteiger partial charge in [0, 0.05) is 17.1 Å². The third-order valence-electron chi connectivity index (χ3n) is 4.15. The highest BCUT2D eigenvalue weighted by Crippen LogP contribution is 2.40. The summed E-state index contributed by atoms with van der Waals surface area (Å²) in [4.78, 5) is 0. The molecule has 2 unspecified atom stereocenters. The van der Waals surface area contributed by atoms with E-state index in [9.17, 15) is 0 Å². The number of hydrogen-bond donors (Lipinski definition) is 1. The second-order valence-corrected chi connectivity index (χ2v) is 7.03. The van der Waals surface area contributed by atoms with Crippen LogP contribution in [-0.2, 0) is 0 Å². The number of halogens is 1. The Bertz CT molecular complexity index is 482. The number of hydrogen-bond acceptors (Lipinski definition) is 3. The van der Waals surface area contributed by atoms with Crippen molar-refractivity contribution in [1.29, 1.82) is 0 Å². The van der Waals surface area contributed by atoms with Crippen molar-refractivity contribution in [3.8, 4) is 11.5 Å². The predicted molar refractivity (Wildman–Crippen MR) is 82.6 cm³/mol. The first-order valence-corrected chi connectivity index (χ1v) is 7.51. The SMILES string of the molecule is CC(CC(N)c1cc2c(cc1Cl)OCCO2)C(C)(C)C. The summed E-state index contributed by atoms with van der Waals surface area (Å²) < 4.78 is 11.1. The maximum Gasteiger partial charge on any atom is 0.162 e. The second-order valence-electron chi connectivity index (χ2n) is 6.63. The van der Waals surface area contributed by atoms with Crippen molar-refractivity contribution in [2.75, 3.05) is 13.2 Å². The van der Waals surface area contributed by atoms with Gasteiger partial charge in [0.25, 0.3) is 0 Å². The zero-order valence-corrected chi connectivity index (χ0v) is 13.5. The summed E-state index contributed by atoms with van der Waals surface area (Å²) in [7, 11) is 0. The van der Waals surface area contributed by atoms with Crippen molar-refractivity contribution >= 4 is 11.6 Å². The van der Waals surface area contributed by atoms with E-state index in [-0.39, 0.29) is 11.5 Å². The normalized spacial score (nSPS) is 17.7. The lowest BCUT2D eigenvalue weighted by Crippen LogP contribution is -2.23. The fraction of sp³-hybridized carbons (Fsp3) is 0.625. The van der Waals surface area contributed by atoms with Gasteiger partial charge in [0.15, 0.2) is 11.5 Å². The highest BCUT2D eigenvalue weighted by atomic mass is 35.5. The van der Waals surface area contributed by atoms with Crippen LogP contribution in [0.15, 0.2) is 12.1 Å². The fourth-order valence-electron chi connectivity index (χ4n) is 2.23. The van der Waals surface area contributed by atoms with E-state index < -0.39 is 0 Å². The summed E-state index contributed by atoms with van der Waals surface area (Å²) in [5.74, 6) is 1.96. The van der Waals surface area contributed by atoms with E-state index >= 15 is 0 Å². The monoisotopic (exact) mass is 297 g/mol. The number of benzene rings is 1. The molecule has 2 rings (SSSR count). The van der Waals surface area contributed by atoms with Crippen molar-refractivity contribution in [3.63, 3.8) is 0 Å². The van der Waals surface area contributed by atoms with Gasteiger partial charge >= 0.3 is 0 Å². The van der Waals surface area contributed by atoms with Crippen LogP contribution in [0.3, 0.4) is 0 Å². The topological polar surface area (TPSA) is 44.5 Å². The van der Waals surface area contributed by atoms with Crippen LogP contribution in [-0.4, -0.2) is 13.2 Å². The maximum absolute atomic E-state index is 6.35. The minimum atomic E-state index is -0.0902. The maximum atomic E-state index is 6.35.